The molecule has 0 aliphatic heterocycles. The third-order valence-electron chi connectivity index (χ3n) is 2.69. The van der Waals surface area contributed by atoms with Crippen molar-refractivity contribution in [3.8, 4) is 11.5 Å². The van der Waals surface area contributed by atoms with Crippen molar-refractivity contribution in [1.29, 1.82) is 0 Å². The lowest BCUT2D eigenvalue weighted by molar-refractivity contribution is 0.0518. The summed E-state index contributed by atoms with van der Waals surface area (Å²) in [5.74, 6) is 1.00. The van der Waals surface area contributed by atoms with Crippen LogP contribution in [0.5, 0.6) is 0 Å². The second-order valence-electron chi connectivity index (χ2n) is 4.05. The number of aromatic nitrogens is 2. The second kappa shape index (κ2) is 6.16. The summed E-state index contributed by atoms with van der Waals surface area (Å²) >= 11 is 3.45. The predicted molar refractivity (Wildman–Crippen MR) is 76.5 cm³/mol. The van der Waals surface area contributed by atoms with Gasteiger partial charge in [0.2, 0.25) is 5.82 Å². The first-order valence-electron chi connectivity index (χ1n) is 6.16. The highest BCUT2D eigenvalue weighted by Crippen LogP contribution is 2.30. The molecule has 2 N–H and O–H groups in total. The van der Waals surface area contributed by atoms with Gasteiger partial charge in [0.15, 0.2) is 0 Å². The summed E-state index contributed by atoms with van der Waals surface area (Å²) in [5, 5.41) is 3.98. The number of rotatable bonds is 5. The molecule has 5 nitrogen and oxygen atoms in total. The van der Waals surface area contributed by atoms with Crippen molar-refractivity contribution in [2.24, 2.45) is 0 Å². The maximum Gasteiger partial charge on any atom is 0.259 e. The minimum atomic E-state index is -0.137. The van der Waals surface area contributed by atoms with Crippen molar-refractivity contribution in [3.05, 3.63) is 28.5 Å². The molecule has 1 heterocycles. The fourth-order valence-corrected chi connectivity index (χ4v) is 2.17. The van der Waals surface area contributed by atoms with E-state index >= 15 is 0 Å². The molecule has 1 aromatic heterocycles. The third kappa shape index (κ3) is 3.13. The van der Waals surface area contributed by atoms with Gasteiger partial charge in [0, 0.05) is 16.8 Å². The Morgan fingerprint density at radius 1 is 1.42 bits per heavy atom. The molecule has 0 radical (unpaired) electrons. The molecule has 2 aromatic rings. The van der Waals surface area contributed by atoms with Crippen LogP contribution in [0.2, 0.25) is 0 Å². The zero-order valence-corrected chi connectivity index (χ0v) is 12.5. The number of hydrogen-bond donors (Lipinski definition) is 1. The summed E-state index contributed by atoms with van der Waals surface area (Å²) in [4.78, 5) is 4.38. The second-order valence-corrected chi connectivity index (χ2v) is 4.90. The molecule has 1 unspecified atom stereocenters. The van der Waals surface area contributed by atoms with Crippen molar-refractivity contribution in [2.75, 3.05) is 12.3 Å². The van der Waals surface area contributed by atoms with Gasteiger partial charge in [-0.25, -0.2) is 0 Å². The Morgan fingerprint density at radius 3 is 2.89 bits per heavy atom. The first-order valence-corrected chi connectivity index (χ1v) is 6.95. The molecule has 0 fully saturated rings. The molecule has 0 aliphatic rings. The molecule has 0 saturated heterocycles. The van der Waals surface area contributed by atoms with Gasteiger partial charge in [0.1, 0.15) is 6.10 Å². The average Bonchev–Trinajstić information content (AvgIpc) is 2.88. The molecule has 0 bridgehead atoms. The molecule has 102 valence electrons. The Morgan fingerprint density at radius 2 is 2.21 bits per heavy atom. The van der Waals surface area contributed by atoms with E-state index in [4.69, 9.17) is 15.0 Å². The minimum Gasteiger partial charge on any atom is -0.399 e. The van der Waals surface area contributed by atoms with E-state index in [0.717, 1.165) is 16.5 Å². The van der Waals surface area contributed by atoms with Crippen LogP contribution in [0.4, 0.5) is 5.69 Å². The standard InChI is InChI=1S/C13H16BrN3O2/c1-3-11(18-4-2)12-16-13(19-17-12)9-7-8(15)5-6-10(9)14/h5-7,11H,3-4,15H2,1-2H3. The fourth-order valence-electron chi connectivity index (χ4n) is 1.76. The van der Waals surface area contributed by atoms with Crippen LogP contribution in [0, 0.1) is 0 Å². The minimum absolute atomic E-state index is 0.137. The van der Waals surface area contributed by atoms with Crippen LogP contribution in [-0.4, -0.2) is 16.7 Å². The molecule has 19 heavy (non-hydrogen) atoms. The van der Waals surface area contributed by atoms with Gasteiger partial charge in [0.25, 0.3) is 5.89 Å². The number of nitrogen functional groups attached to an aromatic ring is 1. The molecular formula is C13H16BrN3O2. The zero-order valence-electron chi connectivity index (χ0n) is 10.9. The number of nitrogens with zero attached hydrogens (tertiary/aromatic N) is 2. The van der Waals surface area contributed by atoms with Crippen LogP contribution in [0.15, 0.2) is 27.2 Å². The summed E-state index contributed by atoms with van der Waals surface area (Å²) in [6.45, 7) is 4.58. The Bertz CT molecular complexity index is 557. The first kappa shape index (κ1) is 14.0. The van der Waals surface area contributed by atoms with E-state index in [1.165, 1.54) is 0 Å². The monoisotopic (exact) mass is 325 g/mol. The molecule has 0 spiro atoms. The van der Waals surface area contributed by atoms with E-state index < -0.39 is 0 Å². The number of ether oxygens (including phenoxy) is 1. The highest BCUT2D eigenvalue weighted by atomic mass is 79.9. The predicted octanol–water partition coefficient (Wildman–Crippen LogP) is 3.57. The van der Waals surface area contributed by atoms with E-state index in [0.29, 0.717) is 24.0 Å². The van der Waals surface area contributed by atoms with E-state index in [-0.39, 0.29) is 6.10 Å². The Hall–Kier alpha value is -1.40. The highest BCUT2D eigenvalue weighted by Gasteiger charge is 2.18. The van der Waals surface area contributed by atoms with E-state index in [1.807, 2.05) is 19.9 Å². The quantitative estimate of drug-likeness (QED) is 0.850. The molecule has 1 aromatic carbocycles. The largest absolute Gasteiger partial charge is 0.399 e. The Kier molecular flexibility index (Phi) is 4.55. The van der Waals surface area contributed by atoms with E-state index in [9.17, 15) is 0 Å². The lowest BCUT2D eigenvalue weighted by atomic mass is 10.2. The molecular weight excluding hydrogens is 310 g/mol. The van der Waals surface area contributed by atoms with Crippen molar-refractivity contribution in [1.82, 2.24) is 10.1 Å². The molecule has 2 rings (SSSR count). The van der Waals surface area contributed by atoms with Crippen LogP contribution in [0.1, 0.15) is 32.2 Å². The van der Waals surface area contributed by atoms with Gasteiger partial charge in [0.05, 0.1) is 5.56 Å². The van der Waals surface area contributed by atoms with Crippen molar-refractivity contribution in [3.63, 3.8) is 0 Å². The molecule has 6 heteroatoms. The van der Waals surface area contributed by atoms with Gasteiger partial charge in [-0.3, -0.25) is 0 Å². The maximum absolute atomic E-state index is 5.77. The molecule has 1 atom stereocenters. The highest BCUT2D eigenvalue weighted by molar-refractivity contribution is 9.10. The Labute approximate surface area is 120 Å². The smallest absolute Gasteiger partial charge is 0.259 e. The maximum atomic E-state index is 5.77. The zero-order chi connectivity index (χ0) is 13.8. The van der Waals surface area contributed by atoms with Crippen LogP contribution in [0.25, 0.3) is 11.5 Å². The number of halogens is 1. The van der Waals surface area contributed by atoms with Crippen molar-refractivity contribution >= 4 is 21.6 Å². The van der Waals surface area contributed by atoms with Gasteiger partial charge in [-0.15, -0.1) is 0 Å². The van der Waals surface area contributed by atoms with Crippen LogP contribution < -0.4 is 5.73 Å². The van der Waals surface area contributed by atoms with Crippen molar-refractivity contribution < 1.29 is 9.26 Å². The SMILES string of the molecule is CCOC(CC)c1noc(-c2cc(N)ccc2Br)n1. The number of nitrogens with two attached hydrogens (primary N) is 1. The molecule has 0 aliphatic carbocycles. The first-order chi connectivity index (χ1) is 9.15. The Balaban J connectivity index is 2.32. The summed E-state index contributed by atoms with van der Waals surface area (Å²) in [6.07, 6.45) is 0.660. The molecule has 0 amide bonds. The number of anilines is 1. The van der Waals surface area contributed by atoms with E-state index in [1.54, 1.807) is 12.1 Å². The third-order valence-corrected chi connectivity index (χ3v) is 3.38. The van der Waals surface area contributed by atoms with Crippen molar-refractivity contribution in [2.45, 2.75) is 26.4 Å². The van der Waals surface area contributed by atoms with Gasteiger partial charge >= 0.3 is 0 Å². The van der Waals surface area contributed by atoms with Gasteiger partial charge in [-0.2, -0.15) is 4.98 Å². The summed E-state index contributed by atoms with van der Waals surface area (Å²) in [7, 11) is 0. The van der Waals surface area contributed by atoms with Crippen LogP contribution in [0.3, 0.4) is 0 Å². The van der Waals surface area contributed by atoms with Gasteiger partial charge in [-0.05, 0) is 47.5 Å². The van der Waals surface area contributed by atoms with Gasteiger partial charge in [-0.1, -0.05) is 12.1 Å². The summed E-state index contributed by atoms with van der Waals surface area (Å²) in [5.41, 5.74) is 7.20. The average molecular weight is 326 g/mol. The normalized spacial score (nSPS) is 12.6. The number of hydrogen-bond acceptors (Lipinski definition) is 5. The fraction of sp³-hybridized carbons (Fsp3) is 0.385. The van der Waals surface area contributed by atoms with Crippen LogP contribution in [-0.2, 0) is 4.74 Å². The molecule has 0 saturated carbocycles. The van der Waals surface area contributed by atoms with Crippen LogP contribution >= 0.6 is 15.9 Å². The summed E-state index contributed by atoms with van der Waals surface area (Å²) in [6, 6.07) is 5.46. The lowest BCUT2D eigenvalue weighted by Crippen LogP contribution is -2.04. The van der Waals surface area contributed by atoms with E-state index in [2.05, 4.69) is 26.1 Å². The number of benzene rings is 1. The lowest BCUT2D eigenvalue weighted by Gasteiger charge is -2.09. The summed E-state index contributed by atoms with van der Waals surface area (Å²) < 4.78 is 11.7. The topological polar surface area (TPSA) is 74.2 Å². The van der Waals surface area contributed by atoms with Gasteiger partial charge < -0.3 is 15.0 Å².